The number of hydrazone groups is 1. The van der Waals surface area contributed by atoms with Crippen LogP contribution in [0.4, 0.5) is 0 Å². The Bertz CT molecular complexity index is 773. The first-order valence-electron chi connectivity index (χ1n) is 7.41. The number of halogens is 1. The number of carbonyl (C=O) groups excluding carboxylic acids is 1. The molecule has 0 aliphatic rings. The predicted molar refractivity (Wildman–Crippen MR) is 104 cm³/mol. The molecule has 1 N–H and O–H groups in total. The Balaban J connectivity index is 1.70. The summed E-state index contributed by atoms with van der Waals surface area (Å²) in [5.41, 5.74) is 4.49. The van der Waals surface area contributed by atoms with Gasteiger partial charge in [-0.3, -0.25) is 4.79 Å². The molecule has 0 saturated carbocycles. The van der Waals surface area contributed by atoms with Crippen molar-refractivity contribution in [3.63, 3.8) is 0 Å². The van der Waals surface area contributed by atoms with Crippen molar-refractivity contribution in [2.75, 3.05) is 12.4 Å². The zero-order chi connectivity index (χ0) is 17.9. The number of benzene rings is 2. The molecule has 128 valence electrons. The second kappa shape index (κ2) is 10.5. The average molecular weight is 418 g/mol. The van der Waals surface area contributed by atoms with Crippen molar-refractivity contribution in [1.82, 2.24) is 5.43 Å². The van der Waals surface area contributed by atoms with Gasteiger partial charge in [-0.2, -0.15) is 10.4 Å². The van der Waals surface area contributed by atoms with Crippen LogP contribution in [-0.4, -0.2) is 24.5 Å². The van der Waals surface area contributed by atoms with Crippen molar-refractivity contribution >= 4 is 39.8 Å². The first-order valence-corrected chi connectivity index (χ1v) is 9.36. The van der Waals surface area contributed by atoms with E-state index in [4.69, 9.17) is 10.00 Å². The van der Waals surface area contributed by atoms with Crippen molar-refractivity contribution in [3.8, 4) is 11.8 Å². The summed E-state index contributed by atoms with van der Waals surface area (Å²) in [7, 11) is 0. The molecule has 0 aromatic heterocycles. The lowest BCUT2D eigenvalue weighted by Crippen LogP contribution is -2.19. The van der Waals surface area contributed by atoms with Crippen molar-refractivity contribution in [1.29, 1.82) is 5.26 Å². The third-order valence-electron chi connectivity index (χ3n) is 2.98. The number of amides is 1. The molecule has 0 aliphatic carbocycles. The molecule has 2 aromatic rings. The van der Waals surface area contributed by atoms with Gasteiger partial charge in [0.05, 0.1) is 12.0 Å². The van der Waals surface area contributed by atoms with E-state index in [0.717, 1.165) is 21.4 Å². The van der Waals surface area contributed by atoms with Gasteiger partial charge in [-0.15, -0.1) is 11.8 Å². The SMILES string of the molecule is N#CCOc1ccc(C=NNC(=O)CSCc2cccc(Br)c2)cc1. The van der Waals surface area contributed by atoms with E-state index in [-0.39, 0.29) is 12.5 Å². The van der Waals surface area contributed by atoms with E-state index in [9.17, 15) is 4.79 Å². The number of carbonyl (C=O) groups is 1. The Morgan fingerprint density at radius 3 is 2.84 bits per heavy atom. The molecule has 0 fully saturated rings. The van der Waals surface area contributed by atoms with Crippen LogP contribution in [0.15, 0.2) is 58.1 Å². The lowest BCUT2D eigenvalue weighted by Gasteiger charge is -2.02. The Kier molecular flexibility index (Phi) is 8.02. The van der Waals surface area contributed by atoms with Crippen LogP contribution in [0, 0.1) is 11.3 Å². The van der Waals surface area contributed by atoms with Gasteiger partial charge in [-0.1, -0.05) is 28.1 Å². The number of nitrogens with zero attached hydrogens (tertiary/aromatic N) is 2. The Labute approximate surface area is 159 Å². The van der Waals surface area contributed by atoms with Gasteiger partial charge in [0.15, 0.2) is 6.61 Å². The number of rotatable bonds is 8. The molecule has 0 unspecified atom stereocenters. The van der Waals surface area contributed by atoms with Gasteiger partial charge in [0.2, 0.25) is 5.91 Å². The molecule has 2 rings (SSSR count). The smallest absolute Gasteiger partial charge is 0.250 e. The third kappa shape index (κ3) is 7.42. The highest BCUT2D eigenvalue weighted by atomic mass is 79.9. The zero-order valence-electron chi connectivity index (χ0n) is 13.3. The topological polar surface area (TPSA) is 74.5 Å². The van der Waals surface area contributed by atoms with E-state index in [2.05, 4.69) is 26.5 Å². The Morgan fingerprint density at radius 2 is 2.12 bits per heavy atom. The highest BCUT2D eigenvalue weighted by Gasteiger charge is 2.01. The molecule has 0 atom stereocenters. The van der Waals surface area contributed by atoms with Gasteiger partial charge < -0.3 is 4.74 Å². The normalized spacial score (nSPS) is 10.4. The van der Waals surface area contributed by atoms with E-state index >= 15 is 0 Å². The Morgan fingerprint density at radius 1 is 1.32 bits per heavy atom. The molecule has 2 aromatic carbocycles. The summed E-state index contributed by atoms with van der Waals surface area (Å²) < 4.78 is 6.19. The van der Waals surface area contributed by atoms with Crippen LogP contribution < -0.4 is 10.2 Å². The first-order chi connectivity index (χ1) is 12.2. The van der Waals surface area contributed by atoms with Gasteiger partial charge in [-0.25, -0.2) is 5.43 Å². The van der Waals surface area contributed by atoms with Crippen LogP contribution in [0.1, 0.15) is 11.1 Å². The summed E-state index contributed by atoms with van der Waals surface area (Å²) in [4.78, 5) is 11.8. The first kappa shape index (κ1) is 19.0. The standard InChI is InChI=1S/C18H16BrN3O2S/c19-16-3-1-2-15(10-16)12-25-13-18(23)22-21-11-14-4-6-17(7-5-14)24-9-8-20/h1-7,10-11H,9,12-13H2,(H,22,23). The summed E-state index contributed by atoms with van der Waals surface area (Å²) in [6.07, 6.45) is 1.56. The average Bonchev–Trinajstić information content (AvgIpc) is 2.61. The number of thioether (sulfide) groups is 1. The predicted octanol–water partition coefficient (Wildman–Crippen LogP) is 3.73. The maximum Gasteiger partial charge on any atom is 0.250 e. The highest BCUT2D eigenvalue weighted by Crippen LogP contribution is 2.16. The maximum absolute atomic E-state index is 11.8. The summed E-state index contributed by atoms with van der Waals surface area (Å²) in [6, 6.07) is 17.0. The van der Waals surface area contributed by atoms with E-state index in [1.54, 1.807) is 30.5 Å². The maximum atomic E-state index is 11.8. The van der Waals surface area contributed by atoms with Crippen LogP contribution in [0.5, 0.6) is 5.75 Å². The van der Waals surface area contributed by atoms with Crippen LogP contribution in [0.25, 0.3) is 0 Å². The zero-order valence-corrected chi connectivity index (χ0v) is 15.7. The van der Waals surface area contributed by atoms with Gasteiger partial charge in [0.1, 0.15) is 11.8 Å². The molecular formula is C18H16BrN3O2S. The van der Waals surface area contributed by atoms with E-state index in [1.807, 2.05) is 30.3 Å². The fourth-order valence-corrected chi connectivity index (χ4v) is 3.08. The minimum absolute atomic E-state index is 0.0150. The monoisotopic (exact) mass is 417 g/mol. The van der Waals surface area contributed by atoms with Gasteiger partial charge in [-0.05, 0) is 47.5 Å². The van der Waals surface area contributed by atoms with Crippen molar-refractivity contribution in [2.24, 2.45) is 5.10 Å². The number of nitriles is 1. The van der Waals surface area contributed by atoms with Crippen LogP contribution >= 0.6 is 27.7 Å². The summed E-state index contributed by atoms with van der Waals surface area (Å²) in [5, 5.41) is 12.4. The Hall–Kier alpha value is -2.30. The van der Waals surface area contributed by atoms with Crippen molar-refractivity contribution < 1.29 is 9.53 Å². The summed E-state index contributed by atoms with van der Waals surface area (Å²) in [5.74, 6) is 1.57. The molecule has 0 aliphatic heterocycles. The van der Waals surface area contributed by atoms with Crippen molar-refractivity contribution in [3.05, 3.63) is 64.1 Å². The molecule has 5 nitrogen and oxygen atoms in total. The molecule has 25 heavy (non-hydrogen) atoms. The lowest BCUT2D eigenvalue weighted by atomic mass is 10.2. The molecule has 7 heteroatoms. The molecule has 0 spiro atoms. The third-order valence-corrected chi connectivity index (χ3v) is 4.47. The van der Waals surface area contributed by atoms with E-state index < -0.39 is 0 Å². The number of ether oxygens (including phenoxy) is 1. The molecule has 1 amide bonds. The van der Waals surface area contributed by atoms with Gasteiger partial charge in [0.25, 0.3) is 0 Å². The molecule has 0 radical (unpaired) electrons. The van der Waals surface area contributed by atoms with E-state index in [0.29, 0.717) is 11.5 Å². The minimum Gasteiger partial charge on any atom is -0.479 e. The van der Waals surface area contributed by atoms with E-state index in [1.165, 1.54) is 11.8 Å². The second-order valence-electron chi connectivity index (χ2n) is 4.93. The largest absolute Gasteiger partial charge is 0.479 e. The number of hydrogen-bond acceptors (Lipinski definition) is 5. The van der Waals surface area contributed by atoms with Crippen LogP contribution in [0.3, 0.4) is 0 Å². The second-order valence-corrected chi connectivity index (χ2v) is 6.83. The number of hydrogen-bond donors (Lipinski definition) is 1. The van der Waals surface area contributed by atoms with Crippen LogP contribution in [-0.2, 0) is 10.5 Å². The van der Waals surface area contributed by atoms with Gasteiger partial charge in [0, 0.05) is 10.2 Å². The van der Waals surface area contributed by atoms with Crippen molar-refractivity contribution in [2.45, 2.75) is 5.75 Å². The van der Waals surface area contributed by atoms with Gasteiger partial charge >= 0.3 is 0 Å². The van der Waals surface area contributed by atoms with Crippen LogP contribution in [0.2, 0.25) is 0 Å². The summed E-state index contributed by atoms with van der Waals surface area (Å²) in [6.45, 7) is 0.0150. The summed E-state index contributed by atoms with van der Waals surface area (Å²) >= 11 is 4.96. The fraction of sp³-hybridized carbons (Fsp3) is 0.167. The minimum atomic E-state index is -0.148. The molecule has 0 heterocycles. The fourth-order valence-electron chi connectivity index (χ4n) is 1.87. The lowest BCUT2D eigenvalue weighted by molar-refractivity contribution is -0.118. The molecule has 0 saturated heterocycles. The molecular weight excluding hydrogens is 402 g/mol. The highest BCUT2D eigenvalue weighted by molar-refractivity contribution is 9.10. The number of nitrogens with one attached hydrogen (secondary N) is 1. The quantitative estimate of drug-likeness (QED) is 0.524. The molecule has 0 bridgehead atoms.